The molecule has 7 heteroatoms. The minimum absolute atomic E-state index is 0. The quantitative estimate of drug-likeness (QED) is 0.249. The van der Waals surface area contributed by atoms with Crippen molar-refractivity contribution in [1.82, 2.24) is 10.6 Å². The van der Waals surface area contributed by atoms with E-state index in [-0.39, 0.29) is 35.2 Å². The van der Waals surface area contributed by atoms with Crippen LogP contribution in [0.1, 0.15) is 31.2 Å². The Morgan fingerprint density at radius 2 is 2.04 bits per heavy atom. The monoisotopic (exact) mass is 495 g/mol. The van der Waals surface area contributed by atoms with Crippen LogP contribution in [0.3, 0.4) is 0 Å². The molecule has 4 nitrogen and oxygen atoms in total. The first-order valence-electron chi connectivity index (χ1n) is 8.97. The van der Waals surface area contributed by atoms with E-state index in [1.165, 1.54) is 18.2 Å². The second kappa shape index (κ2) is 12.8. The van der Waals surface area contributed by atoms with Crippen LogP contribution >= 0.6 is 35.7 Å². The SMILES string of the molecule is CN=C(NCCCCSC)NCC1(c2cccc(F)c2)CCOCC1.I. The van der Waals surface area contributed by atoms with Crippen molar-refractivity contribution in [2.75, 3.05) is 45.4 Å². The van der Waals surface area contributed by atoms with E-state index in [9.17, 15) is 4.39 Å². The van der Waals surface area contributed by atoms with Crippen LogP contribution in [0.25, 0.3) is 0 Å². The number of hydrogen-bond donors (Lipinski definition) is 2. The van der Waals surface area contributed by atoms with Gasteiger partial charge in [-0.15, -0.1) is 24.0 Å². The van der Waals surface area contributed by atoms with Crippen molar-refractivity contribution in [3.8, 4) is 0 Å². The summed E-state index contributed by atoms with van der Waals surface area (Å²) in [5.74, 6) is 1.82. The molecule has 148 valence electrons. The molecule has 1 fully saturated rings. The highest BCUT2D eigenvalue weighted by molar-refractivity contribution is 14.0. The molecule has 1 aliphatic heterocycles. The highest BCUT2D eigenvalue weighted by Gasteiger charge is 2.34. The van der Waals surface area contributed by atoms with Crippen molar-refractivity contribution >= 4 is 41.7 Å². The maximum absolute atomic E-state index is 13.7. The fourth-order valence-corrected chi connectivity index (χ4v) is 3.69. The van der Waals surface area contributed by atoms with Gasteiger partial charge in [0.2, 0.25) is 0 Å². The van der Waals surface area contributed by atoms with Gasteiger partial charge in [-0.1, -0.05) is 12.1 Å². The maximum Gasteiger partial charge on any atom is 0.191 e. The van der Waals surface area contributed by atoms with Gasteiger partial charge in [-0.3, -0.25) is 4.99 Å². The zero-order valence-electron chi connectivity index (χ0n) is 15.7. The van der Waals surface area contributed by atoms with Gasteiger partial charge in [0.1, 0.15) is 5.82 Å². The number of nitrogens with one attached hydrogen (secondary N) is 2. The summed E-state index contributed by atoms with van der Waals surface area (Å²) in [5.41, 5.74) is 0.926. The van der Waals surface area contributed by atoms with Crippen molar-refractivity contribution in [3.05, 3.63) is 35.6 Å². The smallest absolute Gasteiger partial charge is 0.191 e. The molecule has 1 aliphatic rings. The Kier molecular flexibility index (Phi) is 11.5. The molecule has 1 saturated heterocycles. The lowest BCUT2D eigenvalue weighted by atomic mass is 9.74. The number of guanidine groups is 1. The number of halogens is 2. The fraction of sp³-hybridized carbons (Fsp3) is 0.632. The fourth-order valence-electron chi connectivity index (χ4n) is 3.20. The summed E-state index contributed by atoms with van der Waals surface area (Å²) < 4.78 is 19.3. The minimum Gasteiger partial charge on any atom is -0.381 e. The van der Waals surface area contributed by atoms with Gasteiger partial charge < -0.3 is 15.4 Å². The van der Waals surface area contributed by atoms with Crippen LogP contribution in [-0.2, 0) is 10.2 Å². The van der Waals surface area contributed by atoms with Crippen molar-refractivity contribution < 1.29 is 9.13 Å². The summed E-state index contributed by atoms with van der Waals surface area (Å²) in [5, 5.41) is 6.82. The number of benzene rings is 1. The highest BCUT2D eigenvalue weighted by atomic mass is 127. The minimum atomic E-state index is -0.181. The summed E-state index contributed by atoms with van der Waals surface area (Å²) in [4.78, 5) is 4.32. The lowest BCUT2D eigenvalue weighted by Crippen LogP contribution is -2.48. The predicted molar refractivity (Wildman–Crippen MR) is 121 cm³/mol. The predicted octanol–water partition coefficient (Wildman–Crippen LogP) is 3.80. The van der Waals surface area contributed by atoms with Gasteiger partial charge in [0.15, 0.2) is 5.96 Å². The number of nitrogens with zero attached hydrogens (tertiary/aromatic N) is 1. The van der Waals surface area contributed by atoms with E-state index >= 15 is 0 Å². The van der Waals surface area contributed by atoms with Crippen LogP contribution in [0.4, 0.5) is 4.39 Å². The van der Waals surface area contributed by atoms with E-state index in [1.807, 2.05) is 17.8 Å². The lowest BCUT2D eigenvalue weighted by molar-refractivity contribution is 0.0513. The first kappa shape index (κ1) is 23.5. The van der Waals surface area contributed by atoms with Crippen molar-refractivity contribution in [1.29, 1.82) is 0 Å². The molecule has 0 aromatic heterocycles. The standard InChI is InChI=1S/C19H30FN3OS.HI/c1-21-18(22-10-3-4-13-25-2)23-15-19(8-11-24-12-9-19)16-6-5-7-17(20)14-16;/h5-7,14H,3-4,8-13,15H2,1-2H3,(H2,21,22,23);1H. The molecule has 26 heavy (non-hydrogen) atoms. The van der Waals surface area contributed by atoms with Crippen LogP contribution in [-0.4, -0.2) is 51.3 Å². The highest BCUT2D eigenvalue weighted by Crippen LogP contribution is 2.34. The van der Waals surface area contributed by atoms with Crippen LogP contribution < -0.4 is 10.6 Å². The zero-order valence-corrected chi connectivity index (χ0v) is 18.9. The average Bonchev–Trinajstić information content (AvgIpc) is 2.65. The van der Waals surface area contributed by atoms with Gasteiger partial charge in [0.05, 0.1) is 0 Å². The maximum atomic E-state index is 13.7. The van der Waals surface area contributed by atoms with E-state index in [1.54, 1.807) is 19.2 Å². The molecule has 1 aromatic carbocycles. The third-order valence-electron chi connectivity index (χ3n) is 4.77. The Hall–Kier alpha value is -0.540. The molecule has 2 N–H and O–H groups in total. The van der Waals surface area contributed by atoms with Gasteiger partial charge >= 0.3 is 0 Å². The van der Waals surface area contributed by atoms with Crippen LogP contribution in [0.5, 0.6) is 0 Å². The molecule has 0 radical (unpaired) electrons. The van der Waals surface area contributed by atoms with Crippen molar-refractivity contribution in [3.63, 3.8) is 0 Å². The summed E-state index contributed by atoms with van der Waals surface area (Å²) >= 11 is 1.88. The number of thioether (sulfide) groups is 1. The van der Waals surface area contributed by atoms with Crippen LogP contribution in [0.2, 0.25) is 0 Å². The molecule has 0 spiro atoms. The topological polar surface area (TPSA) is 45.7 Å². The summed E-state index contributed by atoms with van der Waals surface area (Å²) in [6.07, 6.45) is 6.23. The average molecular weight is 495 g/mol. The molecule has 1 aromatic rings. The third kappa shape index (κ3) is 7.23. The van der Waals surface area contributed by atoms with Gasteiger partial charge in [0.25, 0.3) is 0 Å². The molecule has 0 amide bonds. The van der Waals surface area contributed by atoms with Gasteiger partial charge in [-0.2, -0.15) is 11.8 Å². The van der Waals surface area contributed by atoms with E-state index in [0.717, 1.165) is 43.9 Å². The molecule has 0 aliphatic carbocycles. The molecular weight excluding hydrogens is 464 g/mol. The van der Waals surface area contributed by atoms with E-state index in [4.69, 9.17) is 4.74 Å². The van der Waals surface area contributed by atoms with Crippen LogP contribution in [0.15, 0.2) is 29.3 Å². The number of hydrogen-bond acceptors (Lipinski definition) is 3. The normalized spacial score (nSPS) is 16.7. The Bertz CT molecular complexity index is 553. The Balaban J connectivity index is 0.00000338. The molecule has 0 bridgehead atoms. The number of ether oxygens (including phenoxy) is 1. The molecule has 0 atom stereocenters. The Labute approximate surface area is 178 Å². The largest absolute Gasteiger partial charge is 0.381 e. The van der Waals surface area contributed by atoms with E-state index in [0.29, 0.717) is 13.2 Å². The summed E-state index contributed by atoms with van der Waals surface area (Å²) in [6, 6.07) is 6.97. The second-order valence-electron chi connectivity index (χ2n) is 6.46. The molecule has 2 rings (SSSR count). The number of unbranched alkanes of at least 4 members (excludes halogenated alkanes) is 1. The Morgan fingerprint density at radius 3 is 2.69 bits per heavy atom. The van der Waals surface area contributed by atoms with Gasteiger partial charge in [-0.05, 0) is 55.4 Å². The first-order chi connectivity index (χ1) is 12.2. The van der Waals surface area contributed by atoms with Crippen LogP contribution in [0, 0.1) is 5.82 Å². The van der Waals surface area contributed by atoms with Gasteiger partial charge in [-0.25, -0.2) is 4.39 Å². The zero-order chi connectivity index (χ0) is 18.0. The van der Waals surface area contributed by atoms with Gasteiger partial charge in [0, 0.05) is 38.8 Å². The van der Waals surface area contributed by atoms with E-state index in [2.05, 4.69) is 21.9 Å². The number of rotatable bonds is 8. The summed E-state index contributed by atoms with van der Waals surface area (Å²) in [6.45, 7) is 3.05. The summed E-state index contributed by atoms with van der Waals surface area (Å²) in [7, 11) is 1.79. The van der Waals surface area contributed by atoms with Crippen molar-refractivity contribution in [2.24, 2.45) is 4.99 Å². The lowest BCUT2D eigenvalue weighted by Gasteiger charge is -2.38. The molecule has 0 saturated carbocycles. The second-order valence-corrected chi connectivity index (χ2v) is 7.44. The first-order valence-corrected chi connectivity index (χ1v) is 10.4. The van der Waals surface area contributed by atoms with E-state index < -0.39 is 0 Å². The molecule has 1 heterocycles. The van der Waals surface area contributed by atoms with Crippen molar-refractivity contribution in [2.45, 2.75) is 31.1 Å². The molecular formula is C19H31FIN3OS. The third-order valence-corrected chi connectivity index (χ3v) is 5.47. The Morgan fingerprint density at radius 1 is 1.27 bits per heavy atom. The number of aliphatic imine (C=N–C) groups is 1. The molecule has 0 unspecified atom stereocenters.